The zero-order valence-electron chi connectivity index (χ0n) is 28.3. The van der Waals surface area contributed by atoms with Crippen LogP contribution in [0.1, 0.15) is 41.8 Å². The molecule has 1 fully saturated rings. The summed E-state index contributed by atoms with van der Waals surface area (Å²) in [5.74, 6) is 1.56. The van der Waals surface area contributed by atoms with Gasteiger partial charge in [-0.15, -0.1) is 0 Å². The predicted octanol–water partition coefficient (Wildman–Crippen LogP) is 4.98. The van der Waals surface area contributed by atoms with Crippen LogP contribution in [0, 0.1) is 6.92 Å². The molecular weight excluding hydrogens is 719 g/mol. The molecule has 1 aromatic heterocycles. The average molecular weight is 759 g/mol. The van der Waals surface area contributed by atoms with Crippen LogP contribution in [0.15, 0.2) is 94.6 Å². The van der Waals surface area contributed by atoms with Gasteiger partial charge in [-0.1, -0.05) is 66.4 Å². The van der Waals surface area contributed by atoms with Gasteiger partial charge in [0.05, 0.1) is 20.3 Å². The summed E-state index contributed by atoms with van der Waals surface area (Å²) in [5.41, 5.74) is -0.441. The van der Waals surface area contributed by atoms with E-state index in [0.29, 0.717) is 39.6 Å². The van der Waals surface area contributed by atoms with Gasteiger partial charge in [0.15, 0.2) is 11.4 Å². The van der Waals surface area contributed by atoms with E-state index in [2.05, 4.69) is 4.98 Å². The molecule has 5 rings (SSSR count). The summed E-state index contributed by atoms with van der Waals surface area (Å²) in [6, 6.07) is 23.9. The number of carbonyl (C=O) groups is 1. The number of carbonyl (C=O) groups excluding carboxylic acids is 1. The number of aliphatic hydroxyl groups excluding tert-OH is 1. The number of benzene rings is 3. The zero-order valence-corrected chi connectivity index (χ0v) is 30.8. The molecule has 272 valence electrons. The van der Waals surface area contributed by atoms with Crippen LogP contribution in [0.4, 0.5) is 0 Å². The number of nitrogens with zero attached hydrogens (tertiary/aromatic N) is 1. The van der Waals surface area contributed by atoms with E-state index >= 15 is 0 Å². The fourth-order valence-corrected chi connectivity index (χ4v) is 9.24. The van der Waals surface area contributed by atoms with Crippen molar-refractivity contribution in [1.82, 2.24) is 9.55 Å². The van der Waals surface area contributed by atoms with Gasteiger partial charge in [0.25, 0.3) is 5.56 Å². The third-order valence-electron chi connectivity index (χ3n) is 8.24. The van der Waals surface area contributed by atoms with Crippen LogP contribution >= 0.6 is 29.9 Å². The van der Waals surface area contributed by atoms with Gasteiger partial charge in [-0.05, 0) is 59.3 Å². The van der Waals surface area contributed by atoms with E-state index in [9.17, 15) is 28.9 Å². The van der Waals surface area contributed by atoms with E-state index in [1.54, 1.807) is 38.5 Å². The lowest BCUT2D eigenvalue weighted by Crippen LogP contribution is -2.44. The number of H-pyrrole nitrogens is 1. The van der Waals surface area contributed by atoms with Crippen molar-refractivity contribution < 1.29 is 42.8 Å². The van der Waals surface area contributed by atoms with Crippen LogP contribution in [-0.4, -0.2) is 68.9 Å². The molecule has 0 amide bonds. The molecule has 1 saturated heterocycles. The largest absolute Gasteiger partial charge is 0.497 e. The van der Waals surface area contributed by atoms with Crippen LogP contribution in [0.25, 0.3) is 0 Å². The third-order valence-corrected chi connectivity index (χ3v) is 12.3. The Kier molecular flexibility index (Phi) is 12.7. The van der Waals surface area contributed by atoms with E-state index in [1.807, 2.05) is 54.6 Å². The second-order valence-corrected chi connectivity index (χ2v) is 16.8. The lowest BCUT2D eigenvalue weighted by Gasteiger charge is -2.39. The van der Waals surface area contributed by atoms with Crippen molar-refractivity contribution in [2.24, 2.45) is 0 Å². The first-order valence-corrected chi connectivity index (χ1v) is 20.0. The minimum atomic E-state index is -4.48. The Morgan fingerprint density at radius 2 is 1.55 bits per heavy atom. The second-order valence-electron chi connectivity index (χ2n) is 11.6. The number of hydrogen-bond acceptors (Lipinski definition) is 12. The van der Waals surface area contributed by atoms with Gasteiger partial charge in [-0.25, -0.2) is 9.36 Å². The van der Waals surface area contributed by atoms with Crippen molar-refractivity contribution >= 4 is 35.1 Å². The summed E-state index contributed by atoms with van der Waals surface area (Å²) in [6.07, 6.45) is -4.30. The van der Waals surface area contributed by atoms with Gasteiger partial charge in [0, 0.05) is 36.6 Å². The highest BCUT2D eigenvalue weighted by atomic mass is 32.7. The molecule has 4 aromatic rings. The lowest BCUT2D eigenvalue weighted by atomic mass is 9.79. The first-order valence-electron chi connectivity index (χ1n) is 15.8. The van der Waals surface area contributed by atoms with E-state index in [0.717, 1.165) is 11.8 Å². The average Bonchev–Trinajstić information content (AvgIpc) is 3.54. The highest BCUT2D eigenvalue weighted by Crippen LogP contribution is 2.57. The SMILES string of the molecule is COc1ccc(C(O[C@H]2C[C@H](n3cc(C)c(=O)[nH]c3=O)O[C@@H]2C(O)OP(=O)(O)SCCSC(C)=O)(c2ccccc2)c2ccc(OC)cc2)cc1. The highest BCUT2D eigenvalue weighted by molar-refractivity contribution is 8.55. The first kappa shape index (κ1) is 38.6. The molecule has 3 N–H and O–H groups in total. The molecule has 0 spiro atoms. The van der Waals surface area contributed by atoms with Crippen molar-refractivity contribution in [2.45, 2.75) is 50.6 Å². The molecular formula is C35H39N2O11PS2. The maximum Gasteiger partial charge on any atom is 0.388 e. The molecule has 0 aliphatic carbocycles. The zero-order chi connectivity index (χ0) is 36.8. The maximum atomic E-state index is 13.1. The number of nitrogens with one attached hydrogen (secondary N) is 1. The van der Waals surface area contributed by atoms with Crippen LogP contribution < -0.4 is 20.7 Å². The summed E-state index contributed by atoms with van der Waals surface area (Å²) in [6.45, 7) is -1.56. The molecule has 5 atom stereocenters. The molecule has 2 unspecified atom stereocenters. The highest BCUT2D eigenvalue weighted by Gasteiger charge is 2.50. The smallest absolute Gasteiger partial charge is 0.388 e. The number of aryl methyl sites for hydroxylation is 1. The number of aliphatic hydroxyl groups is 1. The minimum absolute atomic E-state index is 0.0461. The van der Waals surface area contributed by atoms with Crippen LogP contribution in [0.5, 0.6) is 11.5 Å². The Morgan fingerprint density at radius 3 is 2.10 bits per heavy atom. The number of rotatable bonds is 15. The molecule has 1 aliphatic heterocycles. The summed E-state index contributed by atoms with van der Waals surface area (Å²) in [5, 5.41) is 11.3. The number of methoxy groups -OCH3 is 2. The molecule has 1 aliphatic rings. The molecule has 51 heavy (non-hydrogen) atoms. The molecule has 3 aromatic carbocycles. The summed E-state index contributed by atoms with van der Waals surface area (Å²) < 4.78 is 43.9. The van der Waals surface area contributed by atoms with Crippen molar-refractivity contribution in [1.29, 1.82) is 0 Å². The van der Waals surface area contributed by atoms with Crippen LogP contribution in [0.2, 0.25) is 0 Å². The molecule has 2 heterocycles. The molecule has 0 bridgehead atoms. The molecule has 16 heteroatoms. The van der Waals surface area contributed by atoms with Gasteiger partial charge in [0.2, 0.25) is 0 Å². The predicted molar refractivity (Wildman–Crippen MR) is 194 cm³/mol. The summed E-state index contributed by atoms with van der Waals surface area (Å²) in [7, 11) is 3.12. The fraction of sp³-hybridized carbons (Fsp3) is 0.343. The van der Waals surface area contributed by atoms with Crippen molar-refractivity contribution in [2.75, 3.05) is 25.7 Å². The minimum Gasteiger partial charge on any atom is -0.497 e. The lowest BCUT2D eigenvalue weighted by molar-refractivity contribution is -0.177. The second kappa shape index (κ2) is 16.8. The van der Waals surface area contributed by atoms with Crippen LogP contribution in [0.3, 0.4) is 0 Å². The normalized spacial score (nSPS) is 19.3. The van der Waals surface area contributed by atoms with E-state index < -0.39 is 48.4 Å². The number of thioether (sulfide) groups is 1. The monoisotopic (exact) mass is 758 g/mol. The topological polar surface area (TPSA) is 176 Å². The third kappa shape index (κ3) is 9.05. The standard InChI is InChI=1S/C35H39N2O11PS2/c1-22-21-37(34(41)36-32(22)39)30-20-29(31(46-30)33(40)48-49(42,43)51-19-18-50-23(2)38)47-35(24-8-6-5-7-9-24,25-10-14-27(44-3)15-11-25)26-12-16-28(45-4)17-13-26/h5-17,21,29-31,33,40H,18-20H2,1-4H3,(H,42,43)(H,36,39,41)/t29-,30+,31-,33?/m0/s1. The Bertz CT molecular complexity index is 1910. The van der Waals surface area contributed by atoms with E-state index in [-0.39, 0.29) is 28.6 Å². The molecule has 0 radical (unpaired) electrons. The number of hydrogen-bond donors (Lipinski definition) is 3. The Morgan fingerprint density at radius 1 is 0.980 bits per heavy atom. The van der Waals surface area contributed by atoms with Crippen molar-refractivity contribution in [3.05, 3.63) is 128 Å². The van der Waals surface area contributed by atoms with Crippen LogP contribution in [-0.2, 0) is 29.0 Å². The first-order chi connectivity index (χ1) is 24.4. The van der Waals surface area contributed by atoms with Gasteiger partial charge >= 0.3 is 12.5 Å². The maximum absolute atomic E-state index is 13.1. The number of ether oxygens (including phenoxy) is 4. The van der Waals surface area contributed by atoms with Gasteiger partial charge in [-0.3, -0.25) is 23.7 Å². The summed E-state index contributed by atoms with van der Waals surface area (Å²) in [4.78, 5) is 49.5. The molecule has 0 saturated carbocycles. The fourth-order valence-electron chi connectivity index (χ4n) is 5.82. The Hall–Kier alpha value is -3.66. The molecule has 13 nitrogen and oxygen atoms in total. The van der Waals surface area contributed by atoms with Gasteiger partial charge in [-0.2, -0.15) is 0 Å². The van der Waals surface area contributed by atoms with Gasteiger partial charge < -0.3 is 28.9 Å². The van der Waals surface area contributed by atoms with E-state index in [4.69, 9.17) is 23.5 Å². The number of aromatic amines is 1. The Balaban J connectivity index is 1.62. The summed E-state index contributed by atoms with van der Waals surface area (Å²) >= 11 is 1.56. The van der Waals surface area contributed by atoms with E-state index in [1.165, 1.54) is 24.6 Å². The van der Waals surface area contributed by atoms with Crippen molar-refractivity contribution in [3.63, 3.8) is 0 Å². The Labute approximate surface area is 302 Å². The number of aromatic nitrogens is 2. The quantitative estimate of drug-likeness (QED) is 0.0642. The van der Waals surface area contributed by atoms with Gasteiger partial charge in [0.1, 0.15) is 29.4 Å². The van der Waals surface area contributed by atoms with Crippen molar-refractivity contribution in [3.8, 4) is 11.5 Å².